The molecular weight excluding hydrogens is 342 g/mol. The lowest BCUT2D eigenvalue weighted by atomic mass is 10.1. The number of anilines is 1. The summed E-state index contributed by atoms with van der Waals surface area (Å²) in [5, 5.41) is 5.67. The molecule has 0 aliphatic rings. The third-order valence-corrected chi connectivity index (χ3v) is 4.08. The van der Waals surface area contributed by atoms with Crippen LogP contribution in [-0.4, -0.2) is 26.3 Å². The summed E-state index contributed by atoms with van der Waals surface area (Å²) in [6.45, 7) is 3.71. The first kappa shape index (κ1) is 18.3. The highest BCUT2D eigenvalue weighted by atomic mass is 16.2. The average molecular weight is 363 g/mol. The molecule has 1 aromatic carbocycles. The average Bonchev–Trinajstić information content (AvgIpc) is 3.19. The molecule has 0 aliphatic heterocycles. The monoisotopic (exact) mass is 363 g/mol. The maximum Gasteiger partial charge on any atom is 0.271 e. The van der Waals surface area contributed by atoms with E-state index in [1.807, 2.05) is 37.3 Å². The fraction of sp³-hybridized carbons (Fsp3) is 0.200. The van der Waals surface area contributed by atoms with Crippen LogP contribution < -0.4 is 10.6 Å². The molecule has 3 aromatic rings. The van der Waals surface area contributed by atoms with Crippen molar-refractivity contribution in [2.24, 2.45) is 0 Å². The van der Waals surface area contributed by atoms with Crippen LogP contribution in [0.25, 0.3) is 5.82 Å². The van der Waals surface area contributed by atoms with E-state index >= 15 is 0 Å². The first-order valence-electron chi connectivity index (χ1n) is 8.73. The van der Waals surface area contributed by atoms with Gasteiger partial charge in [-0.2, -0.15) is 0 Å². The van der Waals surface area contributed by atoms with E-state index in [2.05, 4.69) is 20.6 Å². The lowest BCUT2D eigenvalue weighted by Crippen LogP contribution is -2.26. The molecule has 2 aromatic heterocycles. The number of carbonyl (C=O) groups excluding carboxylic acids is 2. The third-order valence-electron chi connectivity index (χ3n) is 4.08. The molecule has 0 bridgehead atoms. The Kier molecular flexibility index (Phi) is 5.61. The molecule has 0 radical (unpaired) electrons. The van der Waals surface area contributed by atoms with Gasteiger partial charge in [0, 0.05) is 12.6 Å². The van der Waals surface area contributed by atoms with Crippen LogP contribution in [0.3, 0.4) is 0 Å². The van der Waals surface area contributed by atoms with E-state index in [-0.39, 0.29) is 17.9 Å². The Bertz CT molecular complexity index is 919. The van der Waals surface area contributed by atoms with Crippen LogP contribution in [0, 0.1) is 0 Å². The van der Waals surface area contributed by atoms with Crippen molar-refractivity contribution in [1.29, 1.82) is 0 Å². The smallest absolute Gasteiger partial charge is 0.271 e. The molecular formula is C20H21N5O2. The van der Waals surface area contributed by atoms with Crippen LogP contribution in [-0.2, 0) is 4.79 Å². The van der Waals surface area contributed by atoms with E-state index < -0.39 is 0 Å². The van der Waals surface area contributed by atoms with Crippen molar-refractivity contribution in [3.05, 3.63) is 72.4 Å². The molecule has 0 unspecified atom stereocenters. The third kappa shape index (κ3) is 4.58. The van der Waals surface area contributed by atoms with Crippen molar-refractivity contribution < 1.29 is 9.59 Å². The summed E-state index contributed by atoms with van der Waals surface area (Å²) in [6, 6.07) is 13.1. The molecule has 0 spiro atoms. The Hall–Kier alpha value is -3.48. The molecule has 2 heterocycles. The first-order valence-corrected chi connectivity index (χ1v) is 8.73. The second kappa shape index (κ2) is 8.27. The van der Waals surface area contributed by atoms with Crippen molar-refractivity contribution in [1.82, 2.24) is 19.9 Å². The van der Waals surface area contributed by atoms with Crippen LogP contribution in [0.15, 0.2) is 61.2 Å². The first-order chi connectivity index (χ1) is 13.1. The van der Waals surface area contributed by atoms with E-state index in [1.54, 1.807) is 36.0 Å². The summed E-state index contributed by atoms with van der Waals surface area (Å²) in [6.07, 6.45) is 5.14. The van der Waals surface area contributed by atoms with Gasteiger partial charge in [-0.25, -0.2) is 9.97 Å². The maximum atomic E-state index is 12.4. The number of carbonyl (C=O) groups is 2. The number of benzene rings is 1. The molecule has 7 nitrogen and oxygen atoms in total. The largest absolute Gasteiger partial charge is 0.344 e. The van der Waals surface area contributed by atoms with Gasteiger partial charge in [-0.3, -0.25) is 14.2 Å². The number of nitrogens with one attached hydrogen (secondary N) is 2. The number of pyridine rings is 1. The molecule has 3 rings (SSSR count). The van der Waals surface area contributed by atoms with Gasteiger partial charge >= 0.3 is 0 Å². The summed E-state index contributed by atoms with van der Waals surface area (Å²) in [5.74, 6) is 0.280. The number of amides is 2. The summed E-state index contributed by atoms with van der Waals surface area (Å²) in [5.41, 5.74) is 1.96. The van der Waals surface area contributed by atoms with Gasteiger partial charge in [0.15, 0.2) is 0 Å². The molecule has 7 heteroatoms. The van der Waals surface area contributed by atoms with Crippen LogP contribution >= 0.6 is 0 Å². The van der Waals surface area contributed by atoms with E-state index in [0.717, 1.165) is 5.56 Å². The standard InChI is InChI=1S/C20H21N5O2/c1-3-19(26)24-16-9-10-18(21-11-16)25-12-17(22-13-25)20(27)23-14(2)15-7-5-4-6-8-15/h4-14H,3H2,1-2H3,(H,23,27)(H,24,26)/t14-/m0/s1. The molecule has 0 saturated carbocycles. The number of rotatable bonds is 6. The van der Waals surface area contributed by atoms with Crippen LogP contribution in [0.1, 0.15) is 42.4 Å². The van der Waals surface area contributed by atoms with E-state index in [4.69, 9.17) is 0 Å². The zero-order chi connectivity index (χ0) is 19.2. The highest BCUT2D eigenvalue weighted by Gasteiger charge is 2.14. The fourth-order valence-electron chi connectivity index (χ4n) is 2.52. The van der Waals surface area contributed by atoms with Crippen molar-refractivity contribution >= 4 is 17.5 Å². The number of hydrogen-bond acceptors (Lipinski definition) is 4. The normalized spacial score (nSPS) is 11.6. The Morgan fingerprint density at radius 1 is 1.11 bits per heavy atom. The van der Waals surface area contributed by atoms with Gasteiger partial charge in [-0.15, -0.1) is 0 Å². The number of nitrogens with zero attached hydrogens (tertiary/aromatic N) is 3. The van der Waals surface area contributed by atoms with E-state index in [1.165, 1.54) is 6.33 Å². The van der Waals surface area contributed by atoms with Crippen LogP contribution in [0.5, 0.6) is 0 Å². The Morgan fingerprint density at radius 2 is 1.89 bits per heavy atom. The van der Waals surface area contributed by atoms with E-state index in [0.29, 0.717) is 23.6 Å². The lowest BCUT2D eigenvalue weighted by molar-refractivity contribution is -0.115. The summed E-state index contributed by atoms with van der Waals surface area (Å²) in [7, 11) is 0. The molecule has 0 aliphatic carbocycles. The number of aromatic nitrogens is 3. The van der Waals surface area contributed by atoms with Crippen LogP contribution in [0.2, 0.25) is 0 Å². The van der Waals surface area contributed by atoms with Crippen LogP contribution in [0.4, 0.5) is 5.69 Å². The van der Waals surface area contributed by atoms with Crippen molar-refractivity contribution in [2.45, 2.75) is 26.3 Å². The fourth-order valence-corrected chi connectivity index (χ4v) is 2.52. The van der Waals surface area contributed by atoms with Gasteiger partial charge in [0.1, 0.15) is 17.8 Å². The number of imidazole rings is 1. The summed E-state index contributed by atoms with van der Waals surface area (Å²) in [4.78, 5) is 32.3. The molecule has 2 amide bonds. The van der Waals surface area contributed by atoms with Gasteiger partial charge in [0.05, 0.1) is 17.9 Å². The van der Waals surface area contributed by atoms with Gasteiger partial charge in [-0.05, 0) is 24.6 Å². The maximum absolute atomic E-state index is 12.4. The van der Waals surface area contributed by atoms with Gasteiger partial charge in [0.2, 0.25) is 5.91 Å². The summed E-state index contributed by atoms with van der Waals surface area (Å²) < 4.78 is 1.66. The second-order valence-corrected chi connectivity index (χ2v) is 6.08. The van der Waals surface area contributed by atoms with E-state index in [9.17, 15) is 9.59 Å². The Labute approximate surface area is 157 Å². The minimum atomic E-state index is -0.253. The van der Waals surface area contributed by atoms with Crippen molar-refractivity contribution in [2.75, 3.05) is 5.32 Å². The highest BCUT2D eigenvalue weighted by molar-refractivity contribution is 5.92. The predicted molar refractivity (Wildman–Crippen MR) is 103 cm³/mol. The minimum Gasteiger partial charge on any atom is -0.344 e. The predicted octanol–water partition coefficient (Wildman–Crippen LogP) is 3.11. The molecule has 1 atom stereocenters. The lowest BCUT2D eigenvalue weighted by Gasteiger charge is -2.13. The van der Waals surface area contributed by atoms with Crippen molar-refractivity contribution in [3.8, 4) is 5.82 Å². The van der Waals surface area contributed by atoms with Gasteiger partial charge < -0.3 is 10.6 Å². The zero-order valence-electron chi connectivity index (χ0n) is 15.2. The Morgan fingerprint density at radius 3 is 2.56 bits per heavy atom. The highest BCUT2D eigenvalue weighted by Crippen LogP contribution is 2.14. The zero-order valence-corrected chi connectivity index (χ0v) is 15.2. The molecule has 2 N–H and O–H groups in total. The molecule has 0 saturated heterocycles. The SMILES string of the molecule is CCC(=O)Nc1ccc(-n2cnc(C(=O)N[C@@H](C)c3ccccc3)c2)nc1. The molecule has 0 fully saturated rings. The number of hydrogen-bond donors (Lipinski definition) is 2. The quantitative estimate of drug-likeness (QED) is 0.704. The minimum absolute atomic E-state index is 0.0707. The molecule has 27 heavy (non-hydrogen) atoms. The Balaban J connectivity index is 1.67. The summed E-state index contributed by atoms with van der Waals surface area (Å²) >= 11 is 0. The topological polar surface area (TPSA) is 88.9 Å². The van der Waals surface area contributed by atoms with Gasteiger partial charge in [0.25, 0.3) is 5.91 Å². The van der Waals surface area contributed by atoms with Gasteiger partial charge in [-0.1, -0.05) is 37.3 Å². The molecule has 138 valence electrons. The van der Waals surface area contributed by atoms with Crippen molar-refractivity contribution in [3.63, 3.8) is 0 Å². The second-order valence-electron chi connectivity index (χ2n) is 6.08.